The van der Waals surface area contributed by atoms with E-state index in [1.54, 1.807) is 12.2 Å². The van der Waals surface area contributed by atoms with Crippen LogP contribution >= 0.6 is 0 Å². The van der Waals surface area contributed by atoms with E-state index in [2.05, 4.69) is 0 Å². The standard InChI is InChI=1S/C13H16F3NO2/c1-10(7-8-11-5-3-2-4-6-11)19-12(18)17-9-13(14,15)16/h2-6,10H,7-9H2,1H3,(H,17,18). The summed E-state index contributed by atoms with van der Waals surface area (Å²) in [6, 6.07) is 9.58. The van der Waals surface area contributed by atoms with Crippen LogP contribution in [0.15, 0.2) is 30.3 Å². The van der Waals surface area contributed by atoms with Crippen LogP contribution in [0.4, 0.5) is 18.0 Å². The first-order valence-electron chi connectivity index (χ1n) is 5.92. The van der Waals surface area contributed by atoms with Crippen molar-refractivity contribution in [2.45, 2.75) is 32.0 Å². The van der Waals surface area contributed by atoms with Crippen molar-refractivity contribution in [3.8, 4) is 0 Å². The summed E-state index contributed by atoms with van der Waals surface area (Å²) in [5, 5.41) is 1.67. The zero-order valence-electron chi connectivity index (χ0n) is 10.5. The maximum absolute atomic E-state index is 11.9. The molecule has 0 saturated carbocycles. The van der Waals surface area contributed by atoms with E-state index in [0.29, 0.717) is 12.8 Å². The third-order valence-corrected chi connectivity index (χ3v) is 2.42. The summed E-state index contributed by atoms with van der Waals surface area (Å²) in [5.41, 5.74) is 1.09. The molecule has 0 aliphatic carbocycles. The molecule has 6 heteroatoms. The van der Waals surface area contributed by atoms with Gasteiger partial charge < -0.3 is 10.1 Å². The molecule has 3 nitrogen and oxygen atoms in total. The van der Waals surface area contributed by atoms with Crippen LogP contribution in [0.3, 0.4) is 0 Å². The first-order valence-corrected chi connectivity index (χ1v) is 5.92. The van der Waals surface area contributed by atoms with Gasteiger partial charge in [-0.2, -0.15) is 13.2 Å². The average molecular weight is 275 g/mol. The van der Waals surface area contributed by atoms with Crippen molar-refractivity contribution in [2.24, 2.45) is 0 Å². The van der Waals surface area contributed by atoms with Gasteiger partial charge in [0.1, 0.15) is 12.6 Å². The van der Waals surface area contributed by atoms with Gasteiger partial charge in [-0.15, -0.1) is 0 Å². The Hall–Kier alpha value is -1.72. The van der Waals surface area contributed by atoms with Gasteiger partial charge in [0, 0.05) is 0 Å². The molecule has 0 spiro atoms. The first kappa shape index (κ1) is 15.3. The molecule has 1 rings (SSSR count). The Morgan fingerprint density at radius 3 is 2.53 bits per heavy atom. The van der Waals surface area contributed by atoms with Gasteiger partial charge in [-0.3, -0.25) is 0 Å². The maximum Gasteiger partial charge on any atom is 0.407 e. The zero-order chi connectivity index (χ0) is 14.3. The van der Waals surface area contributed by atoms with Crippen molar-refractivity contribution in [1.29, 1.82) is 0 Å². The second-order valence-corrected chi connectivity index (χ2v) is 4.21. The Kier molecular flexibility index (Phi) is 5.66. The average Bonchev–Trinajstić information content (AvgIpc) is 2.34. The number of ether oxygens (including phenoxy) is 1. The fourth-order valence-electron chi connectivity index (χ4n) is 1.47. The zero-order valence-corrected chi connectivity index (χ0v) is 10.5. The normalized spacial score (nSPS) is 12.8. The van der Waals surface area contributed by atoms with Crippen LogP contribution in [0.25, 0.3) is 0 Å². The van der Waals surface area contributed by atoms with Gasteiger partial charge in [0.25, 0.3) is 0 Å². The summed E-state index contributed by atoms with van der Waals surface area (Å²) in [6.45, 7) is 0.271. The molecule has 0 heterocycles. The van der Waals surface area contributed by atoms with Crippen LogP contribution in [-0.4, -0.2) is 24.9 Å². The molecule has 1 unspecified atom stereocenters. The van der Waals surface area contributed by atoms with Crippen LogP contribution in [-0.2, 0) is 11.2 Å². The monoisotopic (exact) mass is 275 g/mol. The van der Waals surface area contributed by atoms with Gasteiger partial charge in [-0.1, -0.05) is 30.3 Å². The number of carbonyl (C=O) groups is 1. The highest BCUT2D eigenvalue weighted by Crippen LogP contribution is 2.12. The number of benzene rings is 1. The minimum atomic E-state index is -4.42. The molecule has 0 aromatic heterocycles. The van der Waals surface area contributed by atoms with E-state index in [4.69, 9.17) is 4.74 Å². The SMILES string of the molecule is CC(CCc1ccccc1)OC(=O)NCC(F)(F)F. The van der Waals surface area contributed by atoms with Crippen molar-refractivity contribution in [2.75, 3.05) is 6.54 Å². The molecule has 106 valence electrons. The van der Waals surface area contributed by atoms with Gasteiger partial charge in [-0.05, 0) is 25.3 Å². The fraction of sp³-hybridized carbons (Fsp3) is 0.462. The number of halogens is 3. The van der Waals surface area contributed by atoms with Crippen LogP contribution in [0.5, 0.6) is 0 Å². The van der Waals surface area contributed by atoms with Crippen LogP contribution in [0, 0.1) is 0 Å². The third-order valence-electron chi connectivity index (χ3n) is 2.42. The molecule has 1 aromatic rings. The van der Waals surface area contributed by atoms with Crippen LogP contribution < -0.4 is 5.32 Å². The smallest absolute Gasteiger partial charge is 0.407 e. The van der Waals surface area contributed by atoms with E-state index in [9.17, 15) is 18.0 Å². The van der Waals surface area contributed by atoms with E-state index in [-0.39, 0.29) is 0 Å². The topological polar surface area (TPSA) is 38.3 Å². The first-order chi connectivity index (χ1) is 8.87. The molecule has 0 saturated heterocycles. The highest BCUT2D eigenvalue weighted by Gasteiger charge is 2.28. The molecular formula is C13H16F3NO2. The van der Waals surface area contributed by atoms with Crippen molar-refractivity contribution < 1.29 is 22.7 Å². The number of hydrogen-bond acceptors (Lipinski definition) is 2. The van der Waals surface area contributed by atoms with Gasteiger partial charge in [0.15, 0.2) is 0 Å². The Morgan fingerprint density at radius 2 is 1.95 bits per heavy atom. The lowest BCUT2D eigenvalue weighted by Crippen LogP contribution is -2.35. The Bertz CT molecular complexity index is 393. The molecule has 0 aliphatic heterocycles. The fourth-order valence-corrected chi connectivity index (χ4v) is 1.47. The Morgan fingerprint density at radius 1 is 1.32 bits per heavy atom. The predicted molar refractivity (Wildman–Crippen MR) is 64.8 cm³/mol. The summed E-state index contributed by atoms with van der Waals surface area (Å²) in [4.78, 5) is 11.1. The van der Waals surface area contributed by atoms with Crippen LogP contribution in [0.1, 0.15) is 18.9 Å². The minimum Gasteiger partial charge on any atom is -0.447 e. The molecule has 1 N–H and O–H groups in total. The van der Waals surface area contributed by atoms with Gasteiger partial charge in [0.05, 0.1) is 0 Å². The maximum atomic E-state index is 11.9. The highest BCUT2D eigenvalue weighted by atomic mass is 19.4. The predicted octanol–water partition coefficient (Wildman–Crippen LogP) is 3.30. The summed E-state index contributed by atoms with van der Waals surface area (Å²) < 4.78 is 40.4. The molecule has 0 radical (unpaired) electrons. The summed E-state index contributed by atoms with van der Waals surface area (Å²) in [6.07, 6.45) is -4.64. The summed E-state index contributed by atoms with van der Waals surface area (Å²) in [5.74, 6) is 0. The molecule has 19 heavy (non-hydrogen) atoms. The van der Waals surface area contributed by atoms with E-state index >= 15 is 0 Å². The highest BCUT2D eigenvalue weighted by molar-refractivity contribution is 5.67. The number of rotatable bonds is 5. The molecule has 1 amide bonds. The van der Waals surface area contributed by atoms with Gasteiger partial charge >= 0.3 is 12.3 Å². The quantitative estimate of drug-likeness (QED) is 0.895. The van der Waals surface area contributed by atoms with Crippen molar-refractivity contribution >= 4 is 6.09 Å². The molecule has 0 bridgehead atoms. The number of alkyl halides is 3. The molecule has 0 fully saturated rings. The lowest BCUT2D eigenvalue weighted by molar-refractivity contribution is -0.124. The van der Waals surface area contributed by atoms with Crippen molar-refractivity contribution in [3.05, 3.63) is 35.9 Å². The molecule has 1 aromatic carbocycles. The van der Waals surface area contributed by atoms with E-state index in [0.717, 1.165) is 5.56 Å². The lowest BCUT2D eigenvalue weighted by atomic mass is 10.1. The summed E-state index contributed by atoms with van der Waals surface area (Å²) in [7, 11) is 0. The number of hydrogen-bond donors (Lipinski definition) is 1. The second-order valence-electron chi connectivity index (χ2n) is 4.21. The minimum absolute atomic E-state index is 0.437. The van der Waals surface area contributed by atoms with Gasteiger partial charge in [-0.25, -0.2) is 4.79 Å². The number of nitrogens with one attached hydrogen (secondary N) is 1. The molecular weight excluding hydrogens is 259 g/mol. The molecule has 0 aliphatic rings. The largest absolute Gasteiger partial charge is 0.447 e. The number of aryl methyl sites for hydroxylation is 1. The van der Waals surface area contributed by atoms with E-state index in [1.165, 1.54) is 0 Å². The van der Waals surface area contributed by atoms with Crippen molar-refractivity contribution in [3.63, 3.8) is 0 Å². The van der Waals surface area contributed by atoms with E-state index in [1.807, 2.05) is 30.3 Å². The summed E-state index contributed by atoms with van der Waals surface area (Å²) >= 11 is 0. The second kappa shape index (κ2) is 7.01. The lowest BCUT2D eigenvalue weighted by Gasteiger charge is -2.14. The van der Waals surface area contributed by atoms with Gasteiger partial charge in [0.2, 0.25) is 0 Å². The number of alkyl carbamates (subject to hydrolysis) is 1. The Balaban J connectivity index is 2.24. The van der Waals surface area contributed by atoms with Crippen molar-refractivity contribution in [1.82, 2.24) is 5.32 Å². The Labute approximate surface area is 109 Å². The number of carbonyl (C=O) groups excluding carboxylic acids is 1. The third kappa shape index (κ3) is 7.33. The number of amides is 1. The van der Waals surface area contributed by atoms with Crippen LogP contribution in [0.2, 0.25) is 0 Å². The van der Waals surface area contributed by atoms with E-state index < -0.39 is 24.9 Å². The molecule has 1 atom stereocenters.